The van der Waals surface area contributed by atoms with Crippen LogP contribution in [0.15, 0.2) is 102 Å². The first-order valence-corrected chi connectivity index (χ1v) is 12.9. The second kappa shape index (κ2) is 11.7. The average molecular weight is 549 g/mol. The number of nitrogens with zero attached hydrogens (tertiary/aromatic N) is 5. The molecule has 41 heavy (non-hydrogen) atoms. The molecule has 0 spiro atoms. The van der Waals surface area contributed by atoms with E-state index in [0.29, 0.717) is 22.6 Å². The molecule has 0 bridgehead atoms. The third-order valence-corrected chi connectivity index (χ3v) is 6.56. The van der Waals surface area contributed by atoms with Gasteiger partial charge in [0.1, 0.15) is 11.4 Å². The predicted octanol–water partition coefficient (Wildman–Crippen LogP) is 4.32. The van der Waals surface area contributed by atoms with Crippen molar-refractivity contribution < 1.29 is 14.3 Å². The van der Waals surface area contributed by atoms with Crippen LogP contribution < -0.4 is 10.9 Å². The lowest BCUT2D eigenvalue weighted by Gasteiger charge is -2.11. The lowest BCUT2D eigenvalue weighted by atomic mass is 10.1. The van der Waals surface area contributed by atoms with Crippen LogP contribution in [-0.2, 0) is 21.4 Å². The van der Waals surface area contributed by atoms with E-state index in [-0.39, 0.29) is 11.2 Å². The van der Waals surface area contributed by atoms with Crippen molar-refractivity contribution in [3.63, 3.8) is 0 Å². The van der Waals surface area contributed by atoms with Crippen molar-refractivity contribution in [2.75, 3.05) is 5.32 Å². The molecule has 2 aromatic carbocycles. The Labute approximate surface area is 236 Å². The Kier molecular flexibility index (Phi) is 7.73. The highest BCUT2D eigenvalue weighted by Gasteiger charge is 2.23. The Bertz CT molecular complexity index is 1770. The zero-order valence-electron chi connectivity index (χ0n) is 22.8. The molecule has 0 saturated carbocycles. The summed E-state index contributed by atoms with van der Waals surface area (Å²) in [5.41, 5.74) is 3.88. The Balaban J connectivity index is 1.31. The molecule has 0 aliphatic rings. The molecule has 3 aromatic heterocycles. The van der Waals surface area contributed by atoms with Crippen molar-refractivity contribution >= 4 is 23.6 Å². The summed E-state index contributed by atoms with van der Waals surface area (Å²) in [5, 5.41) is 7.31. The molecule has 206 valence electrons. The quantitative estimate of drug-likeness (QED) is 0.228. The zero-order valence-corrected chi connectivity index (χ0v) is 22.8. The number of nitrogens with one attached hydrogen (secondary N) is 1. The van der Waals surface area contributed by atoms with Gasteiger partial charge in [0.05, 0.1) is 17.1 Å². The third kappa shape index (κ3) is 5.76. The summed E-state index contributed by atoms with van der Waals surface area (Å²) in [6.45, 7) is 3.18. The number of anilines is 1. The van der Waals surface area contributed by atoms with E-state index in [9.17, 15) is 14.4 Å². The number of hydrogen-bond donors (Lipinski definition) is 1. The van der Waals surface area contributed by atoms with E-state index in [1.165, 1.54) is 17.7 Å². The number of amides is 1. The predicted molar refractivity (Wildman–Crippen MR) is 156 cm³/mol. The number of carbonyl (C=O) groups is 2. The summed E-state index contributed by atoms with van der Waals surface area (Å²) < 4.78 is 10.2. The molecule has 1 atom stereocenters. The average Bonchev–Trinajstić information content (AvgIpc) is 3.52. The van der Waals surface area contributed by atoms with Crippen LogP contribution in [-0.4, -0.2) is 42.1 Å². The minimum absolute atomic E-state index is 0.120. The molecule has 10 heteroatoms. The number of rotatable bonds is 8. The lowest BCUT2D eigenvalue weighted by molar-refractivity contribution is -0.148. The molecule has 0 radical (unpaired) electrons. The molecule has 5 aromatic rings. The van der Waals surface area contributed by atoms with Crippen molar-refractivity contribution in [1.82, 2.24) is 24.1 Å². The molecule has 3 heterocycles. The molecular formula is C31H28N6O4. The van der Waals surface area contributed by atoms with Crippen LogP contribution in [0.1, 0.15) is 18.2 Å². The number of aromatic nitrogens is 5. The maximum atomic E-state index is 13.1. The van der Waals surface area contributed by atoms with Crippen LogP contribution in [0.5, 0.6) is 0 Å². The minimum atomic E-state index is -1.15. The van der Waals surface area contributed by atoms with Gasteiger partial charge in [-0.3, -0.25) is 19.3 Å². The van der Waals surface area contributed by atoms with Crippen molar-refractivity contribution in [3.8, 4) is 22.6 Å². The Morgan fingerprint density at radius 1 is 0.976 bits per heavy atom. The van der Waals surface area contributed by atoms with Crippen molar-refractivity contribution in [3.05, 3.63) is 119 Å². The molecule has 10 nitrogen and oxygen atoms in total. The second-order valence-electron chi connectivity index (χ2n) is 9.29. The van der Waals surface area contributed by atoms with Crippen LogP contribution in [0.25, 0.3) is 28.7 Å². The first kappa shape index (κ1) is 27.1. The van der Waals surface area contributed by atoms with E-state index in [0.717, 1.165) is 11.3 Å². The zero-order chi connectivity index (χ0) is 28.9. The first-order chi connectivity index (χ1) is 19.8. The smallest absolute Gasteiger partial charge is 0.331 e. The Morgan fingerprint density at radius 2 is 1.66 bits per heavy atom. The van der Waals surface area contributed by atoms with Gasteiger partial charge in [-0.25, -0.2) is 14.2 Å². The van der Waals surface area contributed by atoms with E-state index in [2.05, 4.69) is 15.4 Å². The molecule has 5 rings (SSSR count). The van der Waals surface area contributed by atoms with Crippen LogP contribution in [0.4, 0.5) is 5.69 Å². The fraction of sp³-hybridized carbons (Fsp3) is 0.129. The highest BCUT2D eigenvalue weighted by atomic mass is 16.5. The lowest BCUT2D eigenvalue weighted by Crippen LogP contribution is -2.31. The van der Waals surface area contributed by atoms with E-state index in [1.807, 2.05) is 60.7 Å². The van der Waals surface area contributed by atoms with Gasteiger partial charge >= 0.3 is 5.97 Å². The van der Waals surface area contributed by atoms with Gasteiger partial charge in [0.25, 0.3) is 11.5 Å². The Morgan fingerprint density at radius 3 is 2.32 bits per heavy atom. The molecule has 1 amide bonds. The van der Waals surface area contributed by atoms with Crippen molar-refractivity contribution in [1.29, 1.82) is 0 Å². The monoisotopic (exact) mass is 548 g/mol. The normalized spacial score (nSPS) is 11.9. The maximum absolute atomic E-state index is 13.1. The molecular weight excluding hydrogens is 520 g/mol. The Hall–Kier alpha value is -5.51. The van der Waals surface area contributed by atoms with Gasteiger partial charge in [0.2, 0.25) is 0 Å². The van der Waals surface area contributed by atoms with E-state index in [1.54, 1.807) is 60.1 Å². The fourth-order valence-electron chi connectivity index (χ4n) is 4.31. The van der Waals surface area contributed by atoms with Gasteiger partial charge in [0.15, 0.2) is 6.10 Å². The number of esters is 1. The van der Waals surface area contributed by atoms with Crippen LogP contribution >= 0.6 is 0 Å². The number of pyridine rings is 1. The maximum Gasteiger partial charge on any atom is 0.331 e. The SMILES string of the molecule is Cc1c(NC(=O)[C@@H](C)OC(=O)/C=C/c2cn(-c3ccccc3)nc2-c2cccnc2)c(=O)n(-c2ccccc2)n1C. The standard InChI is InChI=1S/C31H28N6O4/c1-21-28(31(40)37(35(21)3)26-14-8-5-9-15-26)33-30(39)22(2)41-27(38)17-16-24-20-36(25-12-6-4-7-13-25)34-29(24)23-11-10-18-32-19-23/h4-20,22H,1-3H3,(H,33,39)/b17-16+/t22-/m1/s1. The third-order valence-electron chi connectivity index (χ3n) is 6.56. The summed E-state index contributed by atoms with van der Waals surface area (Å²) in [6.07, 6.45) is 6.84. The largest absolute Gasteiger partial charge is 0.449 e. The van der Waals surface area contributed by atoms with Crippen LogP contribution in [0.2, 0.25) is 0 Å². The molecule has 0 aliphatic carbocycles. The summed E-state index contributed by atoms with van der Waals surface area (Å²) >= 11 is 0. The molecule has 0 saturated heterocycles. The number of benzene rings is 2. The highest BCUT2D eigenvalue weighted by Crippen LogP contribution is 2.24. The van der Waals surface area contributed by atoms with Crippen molar-refractivity contribution in [2.24, 2.45) is 7.05 Å². The number of para-hydroxylation sites is 2. The van der Waals surface area contributed by atoms with E-state index < -0.39 is 18.0 Å². The second-order valence-corrected chi connectivity index (χ2v) is 9.29. The van der Waals surface area contributed by atoms with E-state index >= 15 is 0 Å². The molecule has 0 unspecified atom stereocenters. The van der Waals surface area contributed by atoms with Gasteiger partial charge in [-0.2, -0.15) is 5.10 Å². The van der Waals surface area contributed by atoms with Crippen LogP contribution in [0, 0.1) is 6.92 Å². The van der Waals surface area contributed by atoms with Gasteiger partial charge in [-0.1, -0.05) is 36.4 Å². The minimum Gasteiger partial charge on any atom is -0.449 e. The fourth-order valence-corrected chi connectivity index (χ4v) is 4.31. The summed E-state index contributed by atoms with van der Waals surface area (Å²) in [7, 11) is 1.73. The number of ether oxygens (including phenoxy) is 1. The highest BCUT2D eigenvalue weighted by molar-refractivity contribution is 5.97. The van der Waals surface area contributed by atoms with Crippen molar-refractivity contribution in [2.45, 2.75) is 20.0 Å². The summed E-state index contributed by atoms with van der Waals surface area (Å²) in [6, 6.07) is 22.4. The molecule has 0 fully saturated rings. The van der Waals surface area contributed by atoms with Gasteiger partial charge in [-0.15, -0.1) is 0 Å². The number of carbonyl (C=O) groups excluding carboxylic acids is 2. The van der Waals surface area contributed by atoms with E-state index in [4.69, 9.17) is 4.74 Å². The topological polar surface area (TPSA) is 113 Å². The van der Waals surface area contributed by atoms with Crippen LogP contribution in [0.3, 0.4) is 0 Å². The molecule has 0 aliphatic heterocycles. The van der Waals surface area contributed by atoms with Gasteiger partial charge in [0, 0.05) is 42.8 Å². The molecule has 1 N–H and O–H groups in total. The van der Waals surface area contributed by atoms with Gasteiger partial charge < -0.3 is 10.1 Å². The first-order valence-electron chi connectivity index (χ1n) is 12.9. The number of hydrogen-bond acceptors (Lipinski definition) is 6. The summed E-state index contributed by atoms with van der Waals surface area (Å²) in [5.74, 6) is -1.34. The van der Waals surface area contributed by atoms with Gasteiger partial charge in [-0.05, 0) is 56.3 Å². The summed E-state index contributed by atoms with van der Waals surface area (Å²) in [4.78, 5) is 42.9.